The van der Waals surface area contributed by atoms with Gasteiger partial charge in [0.1, 0.15) is 0 Å². The summed E-state index contributed by atoms with van der Waals surface area (Å²) in [7, 11) is 0. The Morgan fingerprint density at radius 1 is 0.800 bits per heavy atom. The minimum atomic E-state index is -0.255. The fourth-order valence-corrected chi connectivity index (χ4v) is 1.56. The molecule has 0 atom stereocenters. The van der Waals surface area contributed by atoms with Crippen molar-refractivity contribution in [3.05, 3.63) is 66.2 Å². The van der Waals surface area contributed by atoms with Crippen molar-refractivity contribution < 1.29 is 4.79 Å². The molecule has 0 fully saturated rings. The third-order valence-electron chi connectivity index (χ3n) is 2.42. The number of nitrogens with one attached hydrogen (secondary N) is 4. The normalized spacial score (nSPS) is 9.40. The Labute approximate surface area is 122 Å². The zero-order chi connectivity index (χ0) is 14.2. The van der Waals surface area contributed by atoms with Gasteiger partial charge in [-0.25, -0.2) is 0 Å². The summed E-state index contributed by atoms with van der Waals surface area (Å²) < 4.78 is 0. The van der Waals surface area contributed by atoms with Crippen LogP contribution in [-0.4, -0.2) is 11.0 Å². The number of carbonyl (C=O) groups is 1. The number of benzene rings is 2. The molecule has 2 aromatic carbocycles. The molecule has 20 heavy (non-hydrogen) atoms. The third-order valence-corrected chi connectivity index (χ3v) is 2.62. The lowest BCUT2D eigenvalue weighted by Gasteiger charge is -2.13. The van der Waals surface area contributed by atoms with Gasteiger partial charge < -0.3 is 0 Å². The van der Waals surface area contributed by atoms with Crippen LogP contribution in [0.2, 0.25) is 0 Å². The van der Waals surface area contributed by atoms with Gasteiger partial charge in [0.25, 0.3) is 5.91 Å². The summed E-state index contributed by atoms with van der Waals surface area (Å²) in [4.78, 5) is 11.7. The number of carbonyl (C=O) groups excluding carboxylic acids is 1. The zero-order valence-corrected chi connectivity index (χ0v) is 11.4. The maximum Gasteiger partial charge on any atom is 0.269 e. The lowest BCUT2D eigenvalue weighted by atomic mass is 10.2. The minimum Gasteiger partial charge on any atom is -0.299 e. The predicted molar refractivity (Wildman–Crippen MR) is 82.8 cm³/mol. The standard InChI is InChI=1S/C14H14N4OS/c19-13(11-7-3-1-4-8-11)16-18-14(20)17-15-12-9-5-2-6-10-12/h1-10,15H,(H,16,19)(H2,17,18,20). The number of hydrogen-bond acceptors (Lipinski definition) is 3. The van der Waals surface area contributed by atoms with Crippen LogP contribution in [0.25, 0.3) is 0 Å². The van der Waals surface area contributed by atoms with Gasteiger partial charge in [0.15, 0.2) is 0 Å². The fourth-order valence-electron chi connectivity index (χ4n) is 1.46. The summed E-state index contributed by atoms with van der Waals surface area (Å²) in [5.41, 5.74) is 12.2. The molecular formula is C14H14N4OS. The summed E-state index contributed by atoms with van der Waals surface area (Å²) in [6.07, 6.45) is 0. The smallest absolute Gasteiger partial charge is 0.269 e. The molecule has 0 bridgehead atoms. The van der Waals surface area contributed by atoms with Crippen molar-refractivity contribution in [3.63, 3.8) is 0 Å². The molecule has 0 heterocycles. The molecule has 0 aliphatic heterocycles. The maximum absolute atomic E-state index is 11.7. The van der Waals surface area contributed by atoms with Gasteiger partial charge in [0, 0.05) is 5.56 Å². The van der Waals surface area contributed by atoms with Gasteiger partial charge in [0.05, 0.1) is 5.69 Å². The van der Waals surface area contributed by atoms with Crippen molar-refractivity contribution in [1.29, 1.82) is 0 Å². The van der Waals surface area contributed by atoms with Gasteiger partial charge in [-0.3, -0.25) is 26.5 Å². The van der Waals surface area contributed by atoms with Crippen LogP contribution < -0.4 is 21.7 Å². The molecule has 0 radical (unpaired) electrons. The zero-order valence-electron chi connectivity index (χ0n) is 10.6. The molecule has 0 saturated carbocycles. The van der Waals surface area contributed by atoms with E-state index < -0.39 is 0 Å². The van der Waals surface area contributed by atoms with E-state index in [1.165, 1.54) is 0 Å². The Bertz CT molecular complexity index is 574. The van der Waals surface area contributed by atoms with E-state index in [4.69, 9.17) is 12.2 Å². The first-order valence-electron chi connectivity index (χ1n) is 5.98. The minimum absolute atomic E-state index is 0.255. The van der Waals surface area contributed by atoms with E-state index in [9.17, 15) is 4.79 Å². The van der Waals surface area contributed by atoms with Crippen molar-refractivity contribution in [2.24, 2.45) is 0 Å². The van der Waals surface area contributed by atoms with E-state index in [0.717, 1.165) is 5.69 Å². The molecule has 6 heteroatoms. The number of amides is 1. The second-order valence-corrected chi connectivity index (χ2v) is 4.30. The van der Waals surface area contributed by atoms with Crippen LogP contribution in [0.1, 0.15) is 10.4 Å². The van der Waals surface area contributed by atoms with Crippen molar-refractivity contribution in [2.75, 3.05) is 5.43 Å². The van der Waals surface area contributed by atoms with Gasteiger partial charge in [-0.2, -0.15) is 0 Å². The number of anilines is 1. The van der Waals surface area contributed by atoms with E-state index in [2.05, 4.69) is 21.7 Å². The van der Waals surface area contributed by atoms with Crippen LogP contribution in [0, 0.1) is 0 Å². The number of rotatable bonds is 3. The highest BCUT2D eigenvalue weighted by Crippen LogP contribution is 2.02. The highest BCUT2D eigenvalue weighted by Gasteiger charge is 2.03. The lowest BCUT2D eigenvalue weighted by Crippen LogP contribution is -2.48. The molecule has 5 nitrogen and oxygen atoms in total. The van der Waals surface area contributed by atoms with Gasteiger partial charge in [-0.1, -0.05) is 36.4 Å². The Morgan fingerprint density at radius 2 is 1.40 bits per heavy atom. The summed E-state index contributed by atoms with van der Waals surface area (Å²) >= 11 is 5.02. The second kappa shape index (κ2) is 7.10. The topological polar surface area (TPSA) is 65.2 Å². The Balaban J connectivity index is 1.74. The molecule has 4 N–H and O–H groups in total. The molecule has 0 spiro atoms. The van der Waals surface area contributed by atoms with E-state index >= 15 is 0 Å². The van der Waals surface area contributed by atoms with E-state index in [-0.39, 0.29) is 11.0 Å². The van der Waals surface area contributed by atoms with Crippen LogP contribution in [0.15, 0.2) is 60.7 Å². The fraction of sp³-hybridized carbons (Fsp3) is 0. The predicted octanol–water partition coefficient (Wildman–Crippen LogP) is 1.82. The van der Waals surface area contributed by atoms with Gasteiger partial charge in [0.2, 0.25) is 5.11 Å². The monoisotopic (exact) mass is 286 g/mol. The number of hydrazine groups is 2. The Kier molecular flexibility index (Phi) is 4.91. The van der Waals surface area contributed by atoms with Crippen molar-refractivity contribution in [1.82, 2.24) is 16.3 Å². The number of thiocarbonyl (C=S) groups is 1. The van der Waals surface area contributed by atoms with Crippen LogP contribution in [0.3, 0.4) is 0 Å². The van der Waals surface area contributed by atoms with Crippen molar-refractivity contribution >= 4 is 28.9 Å². The molecule has 0 aliphatic carbocycles. The third kappa shape index (κ3) is 4.25. The summed E-state index contributed by atoms with van der Waals surface area (Å²) in [5.74, 6) is -0.255. The Morgan fingerprint density at radius 3 is 2.05 bits per heavy atom. The largest absolute Gasteiger partial charge is 0.299 e. The highest BCUT2D eigenvalue weighted by molar-refractivity contribution is 7.80. The van der Waals surface area contributed by atoms with Crippen LogP contribution >= 0.6 is 12.2 Å². The van der Waals surface area contributed by atoms with Crippen LogP contribution in [0.5, 0.6) is 0 Å². The summed E-state index contributed by atoms with van der Waals surface area (Å²) in [6, 6.07) is 18.4. The molecule has 1 amide bonds. The first-order chi connectivity index (χ1) is 9.75. The molecule has 102 valence electrons. The van der Waals surface area contributed by atoms with Crippen molar-refractivity contribution in [2.45, 2.75) is 0 Å². The van der Waals surface area contributed by atoms with Crippen LogP contribution in [-0.2, 0) is 0 Å². The van der Waals surface area contributed by atoms with Gasteiger partial charge >= 0.3 is 0 Å². The summed E-state index contributed by atoms with van der Waals surface area (Å²) in [6.45, 7) is 0. The Hall–Kier alpha value is -2.60. The molecular weight excluding hydrogens is 272 g/mol. The second-order valence-electron chi connectivity index (χ2n) is 3.89. The number of hydrogen-bond donors (Lipinski definition) is 4. The van der Waals surface area contributed by atoms with Crippen molar-refractivity contribution in [3.8, 4) is 0 Å². The van der Waals surface area contributed by atoms with E-state index in [1.807, 2.05) is 36.4 Å². The quantitative estimate of drug-likeness (QED) is 0.512. The number of para-hydroxylation sites is 1. The molecule has 0 saturated heterocycles. The maximum atomic E-state index is 11.7. The average Bonchev–Trinajstić information content (AvgIpc) is 2.52. The lowest BCUT2D eigenvalue weighted by molar-refractivity contribution is 0.0944. The first kappa shape index (κ1) is 13.8. The van der Waals surface area contributed by atoms with Gasteiger partial charge in [-0.05, 0) is 36.5 Å². The van der Waals surface area contributed by atoms with E-state index in [1.54, 1.807) is 24.3 Å². The first-order valence-corrected chi connectivity index (χ1v) is 6.39. The molecule has 2 rings (SSSR count). The molecule has 2 aromatic rings. The summed E-state index contributed by atoms with van der Waals surface area (Å²) in [5, 5.41) is 0.262. The molecule has 0 unspecified atom stereocenters. The molecule has 0 aromatic heterocycles. The van der Waals surface area contributed by atoms with E-state index in [0.29, 0.717) is 5.56 Å². The van der Waals surface area contributed by atoms with Crippen LogP contribution in [0.4, 0.5) is 5.69 Å². The average molecular weight is 286 g/mol. The molecule has 0 aliphatic rings. The van der Waals surface area contributed by atoms with Gasteiger partial charge in [-0.15, -0.1) is 0 Å². The highest BCUT2D eigenvalue weighted by atomic mass is 32.1. The SMILES string of the molecule is O=C(NNC(=S)NNc1ccccc1)c1ccccc1.